The van der Waals surface area contributed by atoms with E-state index in [9.17, 15) is 9.59 Å². The molecule has 0 aromatic heterocycles. The van der Waals surface area contributed by atoms with Crippen LogP contribution in [0.5, 0.6) is 0 Å². The average Bonchev–Trinajstić information content (AvgIpc) is 2.56. The highest BCUT2D eigenvalue weighted by Gasteiger charge is 2.06. The van der Waals surface area contributed by atoms with Crippen LogP contribution in [0.3, 0.4) is 0 Å². The van der Waals surface area contributed by atoms with Gasteiger partial charge in [0.15, 0.2) is 0 Å². The molecule has 0 saturated heterocycles. The topological polar surface area (TPSA) is 70.2 Å². The summed E-state index contributed by atoms with van der Waals surface area (Å²) in [6.45, 7) is 6.36. The van der Waals surface area contributed by atoms with Gasteiger partial charge >= 0.3 is 6.03 Å². The molecule has 5 nitrogen and oxygen atoms in total. The largest absolute Gasteiger partial charge is 0.334 e. The minimum Gasteiger partial charge on any atom is -0.334 e. The Hall–Kier alpha value is -2.82. The van der Waals surface area contributed by atoms with Crippen molar-refractivity contribution in [3.8, 4) is 0 Å². The molecule has 2 rings (SSSR count). The van der Waals surface area contributed by atoms with Crippen LogP contribution in [-0.4, -0.2) is 18.5 Å². The molecule has 2 aromatic carbocycles. The van der Waals surface area contributed by atoms with Crippen molar-refractivity contribution in [1.82, 2.24) is 10.6 Å². The van der Waals surface area contributed by atoms with Gasteiger partial charge in [-0.2, -0.15) is 0 Å². The maximum absolute atomic E-state index is 11.9. The first-order chi connectivity index (χ1) is 11.4. The molecule has 0 fully saturated rings. The van der Waals surface area contributed by atoms with Crippen molar-refractivity contribution in [2.24, 2.45) is 0 Å². The van der Waals surface area contributed by atoms with Crippen molar-refractivity contribution >= 4 is 17.6 Å². The maximum Gasteiger partial charge on any atom is 0.315 e. The van der Waals surface area contributed by atoms with Gasteiger partial charge in [0.2, 0.25) is 5.91 Å². The predicted molar refractivity (Wildman–Crippen MR) is 96.0 cm³/mol. The molecule has 0 spiro atoms. The molecule has 126 valence electrons. The summed E-state index contributed by atoms with van der Waals surface area (Å²) in [5.41, 5.74) is 5.18. The third-order valence-corrected chi connectivity index (χ3v) is 3.77. The molecule has 3 amide bonds. The first-order valence-corrected chi connectivity index (χ1v) is 7.88. The monoisotopic (exact) mass is 325 g/mol. The number of hydrogen-bond donors (Lipinski definition) is 3. The van der Waals surface area contributed by atoms with E-state index in [0.29, 0.717) is 6.54 Å². The SMILES string of the molecule is Cc1ccc(CNC(=O)NCC(=O)Nc2ccc(C)c(C)c2)cc1. The molecular formula is C19H23N3O2. The third kappa shape index (κ3) is 5.43. The molecule has 24 heavy (non-hydrogen) atoms. The first kappa shape index (κ1) is 17.5. The fourth-order valence-corrected chi connectivity index (χ4v) is 2.14. The Morgan fingerprint density at radius 1 is 0.875 bits per heavy atom. The van der Waals surface area contributed by atoms with E-state index in [1.54, 1.807) is 0 Å². The lowest BCUT2D eigenvalue weighted by Gasteiger charge is -2.10. The number of benzene rings is 2. The van der Waals surface area contributed by atoms with Crippen LogP contribution in [0.1, 0.15) is 22.3 Å². The van der Waals surface area contributed by atoms with E-state index in [2.05, 4.69) is 16.0 Å². The van der Waals surface area contributed by atoms with Crippen LogP contribution >= 0.6 is 0 Å². The zero-order chi connectivity index (χ0) is 17.5. The number of anilines is 1. The molecule has 0 saturated carbocycles. The van der Waals surface area contributed by atoms with Crippen LogP contribution in [0, 0.1) is 20.8 Å². The van der Waals surface area contributed by atoms with Crippen molar-refractivity contribution in [2.75, 3.05) is 11.9 Å². The van der Waals surface area contributed by atoms with Gasteiger partial charge in [0, 0.05) is 12.2 Å². The van der Waals surface area contributed by atoms with Crippen molar-refractivity contribution < 1.29 is 9.59 Å². The number of carbonyl (C=O) groups excluding carboxylic acids is 2. The van der Waals surface area contributed by atoms with Gasteiger partial charge in [-0.1, -0.05) is 35.9 Å². The van der Waals surface area contributed by atoms with E-state index in [-0.39, 0.29) is 18.5 Å². The maximum atomic E-state index is 11.9. The summed E-state index contributed by atoms with van der Waals surface area (Å²) >= 11 is 0. The number of nitrogens with one attached hydrogen (secondary N) is 3. The number of hydrogen-bond acceptors (Lipinski definition) is 2. The van der Waals surface area contributed by atoms with Crippen LogP contribution in [0.15, 0.2) is 42.5 Å². The summed E-state index contributed by atoms with van der Waals surface area (Å²) in [6, 6.07) is 13.2. The quantitative estimate of drug-likeness (QED) is 0.791. The number of amides is 3. The van der Waals surface area contributed by atoms with E-state index in [1.165, 1.54) is 11.1 Å². The van der Waals surface area contributed by atoms with E-state index in [4.69, 9.17) is 0 Å². The molecule has 0 aliphatic carbocycles. The third-order valence-electron chi connectivity index (χ3n) is 3.77. The van der Waals surface area contributed by atoms with Gasteiger partial charge in [-0.25, -0.2) is 4.79 Å². The summed E-state index contributed by atoms with van der Waals surface area (Å²) in [4.78, 5) is 23.6. The Kier molecular flexibility index (Phi) is 5.95. The van der Waals surface area contributed by atoms with Crippen LogP contribution in [-0.2, 0) is 11.3 Å². The zero-order valence-corrected chi connectivity index (χ0v) is 14.3. The highest BCUT2D eigenvalue weighted by Crippen LogP contribution is 2.13. The van der Waals surface area contributed by atoms with Crippen molar-refractivity contribution in [3.63, 3.8) is 0 Å². The van der Waals surface area contributed by atoms with Crippen molar-refractivity contribution in [2.45, 2.75) is 27.3 Å². The van der Waals surface area contributed by atoms with Gasteiger partial charge in [-0.15, -0.1) is 0 Å². The summed E-state index contributed by atoms with van der Waals surface area (Å²) in [5.74, 6) is -0.260. The molecule has 0 heterocycles. The number of urea groups is 1. The molecule has 0 unspecified atom stereocenters. The zero-order valence-electron chi connectivity index (χ0n) is 14.3. The van der Waals surface area contributed by atoms with E-state index in [0.717, 1.165) is 16.8 Å². The summed E-state index contributed by atoms with van der Waals surface area (Å²) in [5, 5.41) is 8.04. The molecule has 5 heteroatoms. The van der Waals surface area contributed by atoms with E-state index >= 15 is 0 Å². The molecular weight excluding hydrogens is 302 g/mol. The molecule has 3 N–H and O–H groups in total. The molecule has 0 aliphatic heterocycles. The van der Waals surface area contributed by atoms with E-state index < -0.39 is 0 Å². The standard InChI is InChI=1S/C19H23N3O2/c1-13-4-7-16(8-5-13)11-20-19(24)21-12-18(23)22-17-9-6-14(2)15(3)10-17/h4-10H,11-12H2,1-3H3,(H,22,23)(H2,20,21,24). The molecule has 0 aliphatic rings. The second-order valence-corrected chi connectivity index (χ2v) is 5.87. The van der Waals surface area contributed by atoms with Gasteiger partial charge in [0.25, 0.3) is 0 Å². The minimum absolute atomic E-state index is 0.0767. The van der Waals surface area contributed by atoms with E-state index in [1.807, 2.05) is 63.2 Å². The van der Waals surface area contributed by atoms with Gasteiger partial charge < -0.3 is 16.0 Å². The van der Waals surface area contributed by atoms with Gasteiger partial charge in [-0.05, 0) is 49.6 Å². The fourth-order valence-electron chi connectivity index (χ4n) is 2.14. The average molecular weight is 325 g/mol. The molecule has 0 atom stereocenters. The van der Waals surface area contributed by atoms with Gasteiger partial charge in [0.05, 0.1) is 6.54 Å². The lowest BCUT2D eigenvalue weighted by atomic mass is 10.1. The Labute approximate surface area is 142 Å². The first-order valence-electron chi connectivity index (χ1n) is 7.88. The predicted octanol–water partition coefficient (Wildman–Crippen LogP) is 3.05. The van der Waals surface area contributed by atoms with Crippen molar-refractivity contribution in [3.05, 3.63) is 64.7 Å². The van der Waals surface area contributed by atoms with Crippen LogP contribution in [0.4, 0.5) is 10.5 Å². The minimum atomic E-state index is -0.370. The van der Waals surface area contributed by atoms with Crippen LogP contribution in [0.25, 0.3) is 0 Å². The summed E-state index contributed by atoms with van der Waals surface area (Å²) in [7, 11) is 0. The number of carbonyl (C=O) groups is 2. The Morgan fingerprint density at radius 2 is 1.58 bits per heavy atom. The second kappa shape index (κ2) is 8.15. The van der Waals surface area contributed by atoms with Gasteiger partial charge in [0.1, 0.15) is 0 Å². The molecule has 2 aromatic rings. The van der Waals surface area contributed by atoms with Crippen LogP contribution in [0.2, 0.25) is 0 Å². The molecule has 0 bridgehead atoms. The Bertz CT molecular complexity index is 724. The Balaban J connectivity index is 1.73. The number of aryl methyl sites for hydroxylation is 3. The second-order valence-electron chi connectivity index (χ2n) is 5.87. The molecule has 0 radical (unpaired) electrons. The summed E-state index contributed by atoms with van der Waals surface area (Å²) in [6.07, 6.45) is 0. The summed E-state index contributed by atoms with van der Waals surface area (Å²) < 4.78 is 0. The Morgan fingerprint density at radius 3 is 2.25 bits per heavy atom. The highest BCUT2D eigenvalue weighted by molar-refractivity contribution is 5.94. The smallest absolute Gasteiger partial charge is 0.315 e. The van der Waals surface area contributed by atoms with Crippen LogP contribution < -0.4 is 16.0 Å². The fraction of sp³-hybridized carbons (Fsp3) is 0.263. The number of rotatable bonds is 5. The van der Waals surface area contributed by atoms with Gasteiger partial charge in [-0.3, -0.25) is 4.79 Å². The highest BCUT2D eigenvalue weighted by atomic mass is 16.2. The lowest BCUT2D eigenvalue weighted by Crippen LogP contribution is -2.39. The normalized spacial score (nSPS) is 10.1. The van der Waals surface area contributed by atoms with Crippen molar-refractivity contribution in [1.29, 1.82) is 0 Å². The lowest BCUT2D eigenvalue weighted by molar-refractivity contribution is -0.115.